The van der Waals surface area contributed by atoms with Crippen molar-refractivity contribution in [2.24, 2.45) is 0 Å². The summed E-state index contributed by atoms with van der Waals surface area (Å²) in [5.41, 5.74) is 6.31. The maximum Gasteiger partial charge on any atom is 0.188 e. The molecule has 46 heavy (non-hydrogen) atoms. The van der Waals surface area contributed by atoms with Gasteiger partial charge in [0, 0.05) is 25.3 Å². The van der Waals surface area contributed by atoms with E-state index in [4.69, 9.17) is 28.4 Å². The molecule has 234 valence electrons. The lowest BCUT2D eigenvalue weighted by molar-refractivity contribution is 0.0502. The lowest BCUT2D eigenvalue weighted by Gasteiger charge is -2.20. The van der Waals surface area contributed by atoms with E-state index in [0.717, 1.165) is 66.4 Å². The van der Waals surface area contributed by atoms with E-state index in [1.54, 1.807) is 14.2 Å². The van der Waals surface area contributed by atoms with Crippen molar-refractivity contribution in [3.05, 3.63) is 109 Å². The fourth-order valence-electron chi connectivity index (χ4n) is 5.80. The van der Waals surface area contributed by atoms with Gasteiger partial charge in [-0.1, -0.05) is 60.7 Å². The van der Waals surface area contributed by atoms with Gasteiger partial charge >= 0.3 is 0 Å². The Morgan fingerprint density at radius 1 is 0.413 bits per heavy atom. The fraction of sp³-hybridized carbons (Fsp3) is 0.200. The molecule has 0 aromatic heterocycles. The van der Waals surface area contributed by atoms with Crippen LogP contribution in [-0.2, 0) is 9.47 Å². The highest BCUT2D eigenvalue weighted by Gasteiger charge is 2.20. The highest BCUT2D eigenvalue weighted by Crippen LogP contribution is 2.46. The van der Waals surface area contributed by atoms with E-state index in [1.165, 1.54) is 0 Å². The molecule has 0 aliphatic rings. The van der Waals surface area contributed by atoms with Crippen LogP contribution >= 0.6 is 0 Å². The number of hydrogen-bond donors (Lipinski definition) is 0. The Bertz CT molecular complexity index is 1790. The summed E-state index contributed by atoms with van der Waals surface area (Å²) in [6.45, 7) is 5.48. The van der Waals surface area contributed by atoms with Crippen LogP contribution in [0.1, 0.15) is 13.8 Å². The number of hydrogen-bond acceptors (Lipinski definition) is 6. The molecule has 6 aromatic rings. The molecular weight excluding hydrogens is 576 g/mol. The molecule has 0 saturated heterocycles. The van der Waals surface area contributed by atoms with Crippen molar-refractivity contribution in [3.63, 3.8) is 0 Å². The van der Waals surface area contributed by atoms with Crippen LogP contribution < -0.4 is 18.9 Å². The van der Waals surface area contributed by atoms with Gasteiger partial charge in [0.15, 0.2) is 13.6 Å². The Hall–Kier alpha value is -5.04. The molecule has 0 saturated carbocycles. The second kappa shape index (κ2) is 14.4. The third kappa shape index (κ3) is 6.50. The number of benzene rings is 6. The molecule has 0 heterocycles. The first-order valence-corrected chi connectivity index (χ1v) is 15.5. The van der Waals surface area contributed by atoms with Gasteiger partial charge in [-0.05, 0) is 106 Å². The molecule has 6 aromatic carbocycles. The highest BCUT2D eigenvalue weighted by atomic mass is 16.7. The van der Waals surface area contributed by atoms with Gasteiger partial charge in [-0.15, -0.1) is 0 Å². The molecule has 0 atom stereocenters. The molecule has 0 aliphatic heterocycles. The quantitative estimate of drug-likeness (QED) is 0.121. The molecule has 0 aliphatic carbocycles. The number of ether oxygens (including phenoxy) is 6. The topological polar surface area (TPSA) is 55.4 Å². The first-order chi connectivity index (χ1) is 22.6. The van der Waals surface area contributed by atoms with Gasteiger partial charge in [0.05, 0.1) is 13.2 Å². The van der Waals surface area contributed by atoms with E-state index >= 15 is 0 Å². The third-order valence-corrected chi connectivity index (χ3v) is 7.88. The monoisotopic (exact) mass is 614 g/mol. The Kier molecular flexibility index (Phi) is 9.68. The van der Waals surface area contributed by atoms with Crippen molar-refractivity contribution >= 4 is 21.5 Å². The summed E-state index contributed by atoms with van der Waals surface area (Å²) in [6, 6.07) is 37.6. The maximum atomic E-state index is 6.20. The van der Waals surface area contributed by atoms with Crippen LogP contribution in [0.2, 0.25) is 0 Å². The SMILES string of the molecule is CCOc1ccc(-c2ccc3c(-c4c(OCOC)ccc5cc(-c6ccc(OCC)cc6)ccc45)c(OCOC)ccc3c2)cc1. The minimum Gasteiger partial charge on any atom is -0.494 e. The normalized spacial score (nSPS) is 11.1. The first kappa shape index (κ1) is 31.0. The zero-order valence-corrected chi connectivity index (χ0v) is 26.7. The highest BCUT2D eigenvalue weighted by molar-refractivity contribution is 6.11. The zero-order chi connectivity index (χ0) is 31.9. The van der Waals surface area contributed by atoms with Gasteiger partial charge in [0.2, 0.25) is 0 Å². The van der Waals surface area contributed by atoms with Crippen molar-refractivity contribution in [1.82, 2.24) is 0 Å². The van der Waals surface area contributed by atoms with Crippen molar-refractivity contribution in [1.29, 1.82) is 0 Å². The minimum atomic E-state index is 0.115. The zero-order valence-electron chi connectivity index (χ0n) is 26.7. The molecule has 6 nitrogen and oxygen atoms in total. The number of rotatable bonds is 13. The second-order valence-corrected chi connectivity index (χ2v) is 10.8. The molecule has 0 unspecified atom stereocenters. The standard InChI is InChI=1S/C40H38O6/c1-5-43-33-15-7-27(8-16-33)29-11-19-35-31(23-29)13-21-37(45-25-41-3)39(35)40-36-20-12-30(28-9-17-34(18-10-28)44-6-2)24-32(36)14-22-38(40)46-26-42-4/h7-24H,5-6,25-26H2,1-4H3. The van der Waals surface area contributed by atoms with Crippen LogP contribution in [0.4, 0.5) is 0 Å². The minimum absolute atomic E-state index is 0.115. The summed E-state index contributed by atoms with van der Waals surface area (Å²) in [5, 5.41) is 4.22. The maximum absolute atomic E-state index is 6.20. The second-order valence-electron chi connectivity index (χ2n) is 10.8. The summed E-state index contributed by atoms with van der Waals surface area (Å²) in [7, 11) is 3.24. The predicted molar refractivity (Wildman–Crippen MR) is 185 cm³/mol. The van der Waals surface area contributed by atoms with Crippen LogP contribution in [0.5, 0.6) is 23.0 Å². The number of fused-ring (bicyclic) bond motifs is 2. The van der Waals surface area contributed by atoms with E-state index in [1.807, 2.05) is 50.2 Å². The Balaban J connectivity index is 1.52. The largest absolute Gasteiger partial charge is 0.494 e. The lowest BCUT2D eigenvalue weighted by Crippen LogP contribution is -2.04. The summed E-state index contributed by atoms with van der Waals surface area (Å²) in [5.74, 6) is 3.13. The van der Waals surface area contributed by atoms with Crippen molar-refractivity contribution in [3.8, 4) is 56.4 Å². The molecule has 6 heteroatoms. The van der Waals surface area contributed by atoms with Gasteiger partial charge in [-0.3, -0.25) is 0 Å². The summed E-state index contributed by atoms with van der Waals surface area (Å²) >= 11 is 0. The van der Waals surface area contributed by atoms with Crippen LogP contribution in [0.3, 0.4) is 0 Å². The Labute approximate surface area is 270 Å². The van der Waals surface area contributed by atoms with E-state index in [2.05, 4.69) is 72.8 Å². The molecule has 0 spiro atoms. The van der Waals surface area contributed by atoms with Crippen LogP contribution in [0, 0.1) is 0 Å². The predicted octanol–water partition coefficient (Wildman–Crippen LogP) is 9.76. The van der Waals surface area contributed by atoms with Crippen molar-refractivity contribution in [2.75, 3.05) is 41.0 Å². The smallest absolute Gasteiger partial charge is 0.188 e. The van der Waals surface area contributed by atoms with E-state index in [0.29, 0.717) is 24.7 Å². The molecule has 0 fully saturated rings. The third-order valence-electron chi connectivity index (χ3n) is 7.88. The number of methoxy groups -OCH3 is 2. The van der Waals surface area contributed by atoms with E-state index < -0.39 is 0 Å². The molecule has 0 amide bonds. The van der Waals surface area contributed by atoms with E-state index in [9.17, 15) is 0 Å². The first-order valence-electron chi connectivity index (χ1n) is 15.5. The van der Waals surface area contributed by atoms with Gasteiger partial charge < -0.3 is 28.4 Å². The molecule has 6 rings (SSSR count). The molecule has 0 radical (unpaired) electrons. The fourth-order valence-corrected chi connectivity index (χ4v) is 5.80. The van der Waals surface area contributed by atoms with Crippen molar-refractivity contribution < 1.29 is 28.4 Å². The van der Waals surface area contributed by atoms with Crippen LogP contribution in [0.25, 0.3) is 54.9 Å². The van der Waals surface area contributed by atoms with Crippen LogP contribution in [0.15, 0.2) is 109 Å². The molecular formula is C40H38O6. The summed E-state index contributed by atoms with van der Waals surface area (Å²) in [6.07, 6.45) is 0. The molecule has 0 N–H and O–H groups in total. The van der Waals surface area contributed by atoms with Crippen LogP contribution in [-0.4, -0.2) is 41.0 Å². The Morgan fingerprint density at radius 2 is 0.804 bits per heavy atom. The summed E-state index contributed by atoms with van der Waals surface area (Å²) in [4.78, 5) is 0. The Morgan fingerprint density at radius 3 is 1.17 bits per heavy atom. The average Bonchev–Trinajstić information content (AvgIpc) is 3.10. The van der Waals surface area contributed by atoms with Gasteiger partial charge in [0.25, 0.3) is 0 Å². The average molecular weight is 615 g/mol. The van der Waals surface area contributed by atoms with E-state index in [-0.39, 0.29) is 13.6 Å². The summed E-state index contributed by atoms with van der Waals surface area (Å²) < 4.78 is 34.4. The van der Waals surface area contributed by atoms with Crippen molar-refractivity contribution in [2.45, 2.75) is 13.8 Å². The van der Waals surface area contributed by atoms with Gasteiger partial charge in [0.1, 0.15) is 23.0 Å². The van der Waals surface area contributed by atoms with Gasteiger partial charge in [-0.2, -0.15) is 0 Å². The lowest BCUT2D eigenvalue weighted by atomic mass is 9.90. The van der Waals surface area contributed by atoms with Gasteiger partial charge in [-0.25, -0.2) is 0 Å². The molecule has 0 bridgehead atoms.